The van der Waals surface area contributed by atoms with Crippen LogP contribution in [0.1, 0.15) is 10.4 Å². The quantitative estimate of drug-likeness (QED) is 0.394. The number of halogens is 1. The molecule has 0 aliphatic heterocycles. The van der Waals surface area contributed by atoms with Gasteiger partial charge in [-0.2, -0.15) is 0 Å². The molecular weight excluding hydrogens is 444 g/mol. The molecule has 3 aromatic carbocycles. The number of H-pyrrole nitrogens is 1. The largest absolute Gasteiger partial charge is 0.438 e. The fourth-order valence-corrected chi connectivity index (χ4v) is 3.63. The molecule has 6 nitrogen and oxygen atoms in total. The molecule has 2 heterocycles. The number of hydrogen-bond donors (Lipinski definition) is 2. The van der Waals surface area contributed by atoms with Gasteiger partial charge in [0.25, 0.3) is 0 Å². The van der Waals surface area contributed by atoms with Crippen molar-refractivity contribution in [1.82, 2.24) is 9.97 Å². The van der Waals surface area contributed by atoms with Crippen LogP contribution in [0.3, 0.4) is 0 Å². The second-order valence-corrected chi connectivity index (χ2v) is 7.69. The van der Waals surface area contributed by atoms with Crippen LogP contribution in [-0.4, -0.2) is 15.9 Å². The van der Waals surface area contributed by atoms with Gasteiger partial charge in [-0.05, 0) is 60.7 Å². The molecule has 7 heteroatoms. The summed E-state index contributed by atoms with van der Waals surface area (Å²) in [5.74, 6) is 0.180. The first kappa shape index (κ1) is 18.3. The summed E-state index contributed by atoms with van der Waals surface area (Å²) in [4.78, 5) is 24.0. The Balaban J connectivity index is 1.75. The summed E-state index contributed by atoms with van der Waals surface area (Å²) < 4.78 is 7.09. The van der Waals surface area contributed by atoms with E-state index in [4.69, 9.17) is 15.1 Å². The third-order valence-electron chi connectivity index (χ3n) is 4.74. The highest BCUT2D eigenvalue weighted by Gasteiger charge is 2.12. The number of nitrogens with two attached hydrogens (primary N) is 1. The molecule has 5 aromatic rings. The second kappa shape index (κ2) is 7.27. The molecule has 0 aliphatic carbocycles. The normalized spacial score (nSPS) is 12.0. The first-order valence-corrected chi connectivity index (χ1v) is 9.99. The molecule has 3 N–H and O–H groups in total. The number of nitrogens with zero attached hydrogens (tertiary/aromatic N) is 2. The Morgan fingerprint density at radius 2 is 1.83 bits per heavy atom. The first-order valence-electron chi connectivity index (χ1n) is 9.20. The van der Waals surface area contributed by atoms with Gasteiger partial charge in [-0.1, -0.05) is 28.1 Å². The van der Waals surface area contributed by atoms with E-state index in [-0.39, 0.29) is 0 Å². The van der Waals surface area contributed by atoms with Gasteiger partial charge >= 0.3 is 0 Å². The van der Waals surface area contributed by atoms with Gasteiger partial charge in [0.05, 0.1) is 22.3 Å². The van der Waals surface area contributed by atoms with Crippen molar-refractivity contribution in [3.05, 3.63) is 88.4 Å². The van der Waals surface area contributed by atoms with E-state index < -0.39 is 5.91 Å². The number of imidazole rings is 1. The van der Waals surface area contributed by atoms with E-state index in [1.165, 1.54) is 0 Å². The number of fused-ring (bicyclic) bond motifs is 2. The Morgan fingerprint density at radius 3 is 2.60 bits per heavy atom. The number of hydrogen-bond acceptors (Lipinski definition) is 4. The molecule has 0 saturated heterocycles. The van der Waals surface area contributed by atoms with Gasteiger partial charge in [0.15, 0.2) is 0 Å². The summed E-state index contributed by atoms with van der Waals surface area (Å²) >= 11 is 3.51. The molecular formula is C23H15BrN4O2. The summed E-state index contributed by atoms with van der Waals surface area (Å²) in [6, 6.07) is 22.3. The van der Waals surface area contributed by atoms with Gasteiger partial charge in [0.1, 0.15) is 11.4 Å². The molecule has 1 amide bonds. The van der Waals surface area contributed by atoms with Crippen LogP contribution in [0.15, 0.2) is 86.7 Å². The van der Waals surface area contributed by atoms with Gasteiger partial charge in [-0.15, -0.1) is 0 Å². The molecule has 2 aromatic heterocycles. The highest BCUT2D eigenvalue weighted by Crippen LogP contribution is 2.25. The van der Waals surface area contributed by atoms with E-state index in [0.717, 1.165) is 26.5 Å². The maximum Gasteiger partial charge on any atom is 0.248 e. The van der Waals surface area contributed by atoms with Crippen molar-refractivity contribution in [3.63, 3.8) is 0 Å². The molecule has 0 spiro atoms. The average Bonchev–Trinajstić information content (AvgIpc) is 3.18. The SMILES string of the molecule is NC(=O)c1ccc(N=c2oc3ccc(Br)cc3cc2-c2nc3ccccc3[nH]2)cc1. The fourth-order valence-electron chi connectivity index (χ4n) is 3.25. The Kier molecular flexibility index (Phi) is 4.44. The summed E-state index contributed by atoms with van der Waals surface area (Å²) in [7, 11) is 0. The minimum Gasteiger partial charge on any atom is -0.438 e. The smallest absolute Gasteiger partial charge is 0.248 e. The van der Waals surface area contributed by atoms with Crippen LogP contribution in [0.2, 0.25) is 0 Å². The number of para-hydroxylation sites is 2. The van der Waals surface area contributed by atoms with Crippen molar-refractivity contribution in [2.24, 2.45) is 10.7 Å². The Morgan fingerprint density at radius 1 is 1.03 bits per heavy atom. The third-order valence-corrected chi connectivity index (χ3v) is 5.23. The fraction of sp³-hybridized carbons (Fsp3) is 0. The predicted molar refractivity (Wildman–Crippen MR) is 119 cm³/mol. The molecule has 30 heavy (non-hydrogen) atoms. The van der Waals surface area contributed by atoms with E-state index in [0.29, 0.717) is 28.2 Å². The van der Waals surface area contributed by atoms with Gasteiger partial charge in [0.2, 0.25) is 11.5 Å². The number of aromatic nitrogens is 2. The summed E-state index contributed by atoms with van der Waals surface area (Å²) in [5, 5.41) is 0.919. The number of amides is 1. The second-order valence-electron chi connectivity index (χ2n) is 6.77. The van der Waals surface area contributed by atoms with Crippen molar-refractivity contribution in [2.75, 3.05) is 0 Å². The van der Waals surface area contributed by atoms with Crippen LogP contribution in [0.5, 0.6) is 0 Å². The maximum absolute atomic E-state index is 11.3. The zero-order valence-electron chi connectivity index (χ0n) is 15.6. The lowest BCUT2D eigenvalue weighted by Gasteiger charge is -2.04. The molecule has 0 saturated carbocycles. The van der Waals surface area contributed by atoms with Crippen LogP contribution < -0.4 is 11.3 Å². The van der Waals surface area contributed by atoms with E-state index in [1.807, 2.05) is 48.5 Å². The number of nitrogens with one attached hydrogen (secondary N) is 1. The minimum atomic E-state index is -0.481. The van der Waals surface area contributed by atoms with Crippen molar-refractivity contribution in [1.29, 1.82) is 0 Å². The number of rotatable bonds is 3. The number of primary amides is 1. The Labute approximate surface area is 179 Å². The van der Waals surface area contributed by atoms with Crippen LogP contribution >= 0.6 is 15.9 Å². The maximum atomic E-state index is 11.3. The zero-order chi connectivity index (χ0) is 20.7. The van der Waals surface area contributed by atoms with E-state index >= 15 is 0 Å². The summed E-state index contributed by atoms with van der Waals surface area (Å²) in [6.45, 7) is 0. The van der Waals surface area contributed by atoms with Gasteiger partial charge in [-0.3, -0.25) is 4.79 Å². The lowest BCUT2D eigenvalue weighted by Crippen LogP contribution is -2.10. The van der Waals surface area contributed by atoms with E-state index in [1.54, 1.807) is 24.3 Å². The van der Waals surface area contributed by atoms with E-state index in [2.05, 4.69) is 25.9 Å². The molecule has 0 radical (unpaired) electrons. The van der Waals surface area contributed by atoms with Crippen LogP contribution in [0.25, 0.3) is 33.4 Å². The lowest BCUT2D eigenvalue weighted by molar-refractivity contribution is 0.100. The summed E-state index contributed by atoms with van der Waals surface area (Å²) in [6.07, 6.45) is 0. The Hall–Kier alpha value is -3.71. The van der Waals surface area contributed by atoms with Gasteiger partial charge in [0, 0.05) is 15.4 Å². The zero-order valence-corrected chi connectivity index (χ0v) is 17.2. The number of carbonyl (C=O) groups excluding carboxylic acids is 1. The monoisotopic (exact) mass is 458 g/mol. The average molecular weight is 459 g/mol. The molecule has 0 atom stereocenters. The van der Waals surface area contributed by atoms with Crippen LogP contribution in [-0.2, 0) is 0 Å². The predicted octanol–water partition coefficient (Wildman–Crippen LogP) is 5.07. The highest BCUT2D eigenvalue weighted by molar-refractivity contribution is 9.10. The van der Waals surface area contributed by atoms with Gasteiger partial charge < -0.3 is 15.1 Å². The number of aromatic amines is 1. The molecule has 0 unspecified atom stereocenters. The molecule has 5 rings (SSSR count). The first-order chi connectivity index (χ1) is 14.6. The summed E-state index contributed by atoms with van der Waals surface area (Å²) in [5.41, 5.74) is 10.0. The van der Waals surface area contributed by atoms with Crippen molar-refractivity contribution in [3.8, 4) is 11.4 Å². The molecule has 0 bridgehead atoms. The topological polar surface area (TPSA) is 97.3 Å². The van der Waals surface area contributed by atoms with Gasteiger partial charge in [-0.25, -0.2) is 9.98 Å². The third kappa shape index (κ3) is 3.40. The van der Waals surface area contributed by atoms with Crippen LogP contribution in [0.4, 0.5) is 5.69 Å². The standard InChI is InChI=1S/C23H15BrN4O2/c24-15-7-10-20-14(11-15)12-17(22-27-18-3-1-2-4-19(18)28-22)23(30-20)26-16-8-5-13(6-9-16)21(25)29/h1-12H,(H2,25,29)(H,27,28). The number of carbonyl (C=O) groups is 1. The van der Waals surface area contributed by atoms with Crippen LogP contribution in [0, 0.1) is 0 Å². The highest BCUT2D eigenvalue weighted by atomic mass is 79.9. The molecule has 146 valence electrons. The Bertz CT molecular complexity index is 1450. The van der Waals surface area contributed by atoms with E-state index in [9.17, 15) is 4.79 Å². The van der Waals surface area contributed by atoms with Crippen molar-refractivity contribution < 1.29 is 9.21 Å². The van der Waals surface area contributed by atoms with Crippen molar-refractivity contribution >= 4 is 49.5 Å². The lowest BCUT2D eigenvalue weighted by atomic mass is 10.1. The van der Waals surface area contributed by atoms with Crippen molar-refractivity contribution in [2.45, 2.75) is 0 Å². The minimum absolute atomic E-state index is 0.413. The molecule has 0 fully saturated rings. The molecule has 0 aliphatic rings. The number of benzene rings is 3.